The van der Waals surface area contributed by atoms with Crippen molar-refractivity contribution < 1.29 is 13.9 Å². The zero-order chi connectivity index (χ0) is 13.9. The number of benzene rings is 1. The molecule has 0 amide bonds. The third kappa shape index (κ3) is 3.12. The van der Waals surface area contributed by atoms with Crippen LogP contribution >= 0.6 is 22.6 Å². The second kappa shape index (κ2) is 6.09. The molecule has 1 fully saturated rings. The fourth-order valence-electron chi connectivity index (χ4n) is 2.20. The Kier molecular flexibility index (Phi) is 4.21. The summed E-state index contributed by atoms with van der Waals surface area (Å²) in [5, 5.41) is 4.22. The van der Waals surface area contributed by atoms with E-state index >= 15 is 0 Å². The Morgan fingerprint density at radius 2 is 2.10 bits per heavy atom. The zero-order valence-electron chi connectivity index (χ0n) is 10.8. The van der Waals surface area contributed by atoms with E-state index in [1.165, 1.54) is 12.1 Å². The lowest BCUT2D eigenvalue weighted by Crippen LogP contribution is -2.26. The topological polar surface area (TPSA) is 36.3 Å². The molecule has 3 rings (SSSR count). The number of hydrogen-bond donors (Lipinski definition) is 0. The third-order valence-corrected chi connectivity index (χ3v) is 3.78. The molecule has 2 aromatic rings. The van der Waals surface area contributed by atoms with E-state index in [2.05, 4.69) is 27.7 Å². The van der Waals surface area contributed by atoms with Gasteiger partial charge in [-0.05, 0) is 40.8 Å². The van der Waals surface area contributed by atoms with Gasteiger partial charge in [0.2, 0.25) is 5.88 Å². The number of ether oxygens (including phenoxy) is 2. The minimum absolute atomic E-state index is 0.131. The van der Waals surface area contributed by atoms with Crippen molar-refractivity contribution in [1.29, 1.82) is 0 Å². The van der Waals surface area contributed by atoms with Gasteiger partial charge in [0.15, 0.2) is 0 Å². The normalized spacial score (nSPS) is 16.3. The number of nitrogens with zero attached hydrogens (tertiary/aromatic N) is 2. The molecule has 1 aromatic carbocycles. The minimum atomic E-state index is -0.278. The van der Waals surface area contributed by atoms with Crippen LogP contribution < -0.4 is 4.74 Å². The maximum absolute atomic E-state index is 13.5. The van der Waals surface area contributed by atoms with Crippen LogP contribution in [-0.4, -0.2) is 29.1 Å². The van der Waals surface area contributed by atoms with Crippen LogP contribution in [0.4, 0.5) is 4.39 Å². The van der Waals surface area contributed by atoms with Gasteiger partial charge in [-0.1, -0.05) is 0 Å². The van der Waals surface area contributed by atoms with Crippen LogP contribution in [0.25, 0.3) is 5.69 Å². The van der Waals surface area contributed by atoms with Gasteiger partial charge in [0.1, 0.15) is 11.9 Å². The van der Waals surface area contributed by atoms with Crippen LogP contribution in [0.1, 0.15) is 12.8 Å². The molecule has 20 heavy (non-hydrogen) atoms. The summed E-state index contributed by atoms with van der Waals surface area (Å²) in [5.74, 6) is 0.359. The van der Waals surface area contributed by atoms with Crippen molar-refractivity contribution in [2.45, 2.75) is 18.9 Å². The Bertz CT molecular complexity index is 576. The van der Waals surface area contributed by atoms with Crippen LogP contribution in [0.15, 0.2) is 30.5 Å². The third-order valence-electron chi connectivity index (χ3n) is 3.16. The fraction of sp³-hybridized carbons (Fsp3) is 0.357. The van der Waals surface area contributed by atoms with Gasteiger partial charge >= 0.3 is 0 Å². The maximum atomic E-state index is 13.5. The van der Waals surface area contributed by atoms with Gasteiger partial charge in [0.05, 0.1) is 25.1 Å². The van der Waals surface area contributed by atoms with Crippen molar-refractivity contribution in [1.82, 2.24) is 9.78 Å². The summed E-state index contributed by atoms with van der Waals surface area (Å²) in [5.41, 5.74) is 0.668. The first-order valence-electron chi connectivity index (χ1n) is 6.47. The van der Waals surface area contributed by atoms with E-state index in [0.717, 1.165) is 29.6 Å². The van der Waals surface area contributed by atoms with Crippen molar-refractivity contribution in [3.8, 4) is 11.6 Å². The lowest BCUT2D eigenvalue weighted by atomic mass is 10.2. The molecule has 106 valence electrons. The average molecular weight is 388 g/mol. The summed E-state index contributed by atoms with van der Waals surface area (Å²) in [4.78, 5) is 0. The van der Waals surface area contributed by atoms with Crippen LogP contribution in [-0.2, 0) is 4.74 Å². The summed E-state index contributed by atoms with van der Waals surface area (Å²) < 4.78 is 27.2. The van der Waals surface area contributed by atoms with Gasteiger partial charge in [-0.25, -0.2) is 9.07 Å². The van der Waals surface area contributed by atoms with Gasteiger partial charge in [0.25, 0.3) is 0 Å². The minimum Gasteiger partial charge on any atom is -0.474 e. The van der Waals surface area contributed by atoms with E-state index in [9.17, 15) is 4.39 Å². The van der Waals surface area contributed by atoms with Crippen LogP contribution in [0.2, 0.25) is 0 Å². The largest absolute Gasteiger partial charge is 0.474 e. The molecule has 0 aliphatic carbocycles. The second-order valence-electron chi connectivity index (χ2n) is 4.64. The van der Waals surface area contributed by atoms with E-state index in [1.54, 1.807) is 16.9 Å². The van der Waals surface area contributed by atoms with Gasteiger partial charge in [0, 0.05) is 22.5 Å². The van der Waals surface area contributed by atoms with Gasteiger partial charge in [-0.3, -0.25) is 0 Å². The molecular weight excluding hydrogens is 374 g/mol. The number of halogens is 2. The molecular formula is C14H14FIN2O2. The summed E-state index contributed by atoms with van der Waals surface area (Å²) in [6.07, 6.45) is 3.52. The SMILES string of the molecule is Fc1cc(I)cc(-n2nccc2OC2CCOCC2)c1. The highest BCUT2D eigenvalue weighted by Crippen LogP contribution is 2.23. The Labute approximate surface area is 130 Å². The van der Waals surface area contributed by atoms with Crippen LogP contribution in [0.3, 0.4) is 0 Å². The van der Waals surface area contributed by atoms with Crippen molar-refractivity contribution in [2.75, 3.05) is 13.2 Å². The standard InChI is InChI=1S/C14H14FIN2O2/c15-10-7-11(16)9-12(8-10)18-14(1-4-17-18)20-13-2-5-19-6-3-13/h1,4,7-9,13H,2-3,5-6H2. The lowest BCUT2D eigenvalue weighted by Gasteiger charge is -2.23. The van der Waals surface area contributed by atoms with E-state index in [4.69, 9.17) is 9.47 Å². The highest BCUT2D eigenvalue weighted by Gasteiger charge is 2.18. The number of aromatic nitrogens is 2. The molecule has 1 saturated heterocycles. The molecule has 0 radical (unpaired) electrons. The first kappa shape index (κ1) is 13.8. The van der Waals surface area contributed by atoms with Gasteiger partial charge in [-0.15, -0.1) is 0 Å². The van der Waals surface area contributed by atoms with Gasteiger partial charge < -0.3 is 9.47 Å². The Morgan fingerprint density at radius 1 is 1.30 bits per heavy atom. The summed E-state index contributed by atoms with van der Waals surface area (Å²) >= 11 is 2.08. The first-order chi connectivity index (χ1) is 9.72. The zero-order valence-corrected chi connectivity index (χ0v) is 12.9. The van der Waals surface area contributed by atoms with Crippen LogP contribution in [0.5, 0.6) is 5.88 Å². The highest BCUT2D eigenvalue weighted by molar-refractivity contribution is 14.1. The fourth-order valence-corrected chi connectivity index (χ4v) is 2.82. The molecule has 1 aliphatic rings. The van der Waals surface area contributed by atoms with E-state index in [1.807, 2.05) is 6.07 Å². The van der Waals surface area contributed by atoms with E-state index in [-0.39, 0.29) is 11.9 Å². The number of hydrogen-bond acceptors (Lipinski definition) is 3. The molecule has 4 nitrogen and oxygen atoms in total. The smallest absolute Gasteiger partial charge is 0.216 e. The van der Waals surface area contributed by atoms with E-state index < -0.39 is 0 Å². The molecule has 2 heterocycles. The molecule has 0 spiro atoms. The summed E-state index contributed by atoms with van der Waals surface area (Å²) in [6.45, 7) is 1.44. The van der Waals surface area contributed by atoms with Crippen molar-refractivity contribution in [2.24, 2.45) is 0 Å². The van der Waals surface area contributed by atoms with Gasteiger partial charge in [-0.2, -0.15) is 5.10 Å². The second-order valence-corrected chi connectivity index (χ2v) is 5.88. The first-order valence-corrected chi connectivity index (χ1v) is 7.55. The molecule has 0 unspecified atom stereocenters. The Hall–Kier alpha value is -1.15. The molecule has 0 bridgehead atoms. The molecule has 0 N–H and O–H groups in total. The quantitative estimate of drug-likeness (QED) is 0.758. The van der Waals surface area contributed by atoms with Crippen molar-refractivity contribution >= 4 is 22.6 Å². The molecule has 1 aromatic heterocycles. The Balaban J connectivity index is 1.85. The lowest BCUT2D eigenvalue weighted by molar-refractivity contribution is 0.0227. The van der Waals surface area contributed by atoms with E-state index in [0.29, 0.717) is 11.6 Å². The van der Waals surface area contributed by atoms with Crippen molar-refractivity contribution in [3.05, 3.63) is 39.8 Å². The highest BCUT2D eigenvalue weighted by atomic mass is 127. The Morgan fingerprint density at radius 3 is 2.85 bits per heavy atom. The number of rotatable bonds is 3. The monoisotopic (exact) mass is 388 g/mol. The maximum Gasteiger partial charge on any atom is 0.216 e. The summed E-state index contributed by atoms with van der Waals surface area (Å²) in [7, 11) is 0. The van der Waals surface area contributed by atoms with Crippen molar-refractivity contribution in [3.63, 3.8) is 0 Å². The molecule has 0 saturated carbocycles. The predicted molar refractivity (Wildman–Crippen MR) is 80.7 cm³/mol. The summed E-state index contributed by atoms with van der Waals surface area (Å²) in [6, 6.07) is 6.60. The van der Waals surface area contributed by atoms with Crippen LogP contribution in [0, 0.1) is 9.39 Å². The molecule has 6 heteroatoms. The predicted octanol–water partition coefficient (Wildman–Crippen LogP) is 3.17. The average Bonchev–Trinajstić information content (AvgIpc) is 2.87. The molecule has 1 aliphatic heterocycles. The molecule has 0 atom stereocenters.